The summed E-state index contributed by atoms with van der Waals surface area (Å²) in [5, 5.41) is 3.53. The molecule has 2 aliphatic rings. The molecule has 0 atom stereocenters. The average Bonchev–Trinajstić information content (AvgIpc) is 3.06. The predicted octanol–water partition coefficient (Wildman–Crippen LogP) is 2.91. The Kier molecular flexibility index (Phi) is 6.39. The summed E-state index contributed by atoms with van der Waals surface area (Å²) < 4.78 is 21.6. The van der Waals surface area contributed by atoms with Gasteiger partial charge in [0.2, 0.25) is 0 Å². The second-order valence-electron chi connectivity index (χ2n) is 6.58. The highest BCUT2D eigenvalue weighted by Gasteiger charge is 2.28. The summed E-state index contributed by atoms with van der Waals surface area (Å²) in [4.78, 5) is 12.2. The lowest BCUT2D eigenvalue weighted by molar-refractivity contribution is -0.134. The molecule has 1 N–H and O–H groups in total. The van der Waals surface area contributed by atoms with Crippen LogP contribution in [0.4, 0.5) is 0 Å². The third kappa shape index (κ3) is 4.30. The second-order valence-corrected chi connectivity index (χ2v) is 6.58. The monoisotopic (exact) mass is 361 g/mol. The first-order chi connectivity index (χ1) is 12.7. The largest absolute Gasteiger partial charge is 0.493 e. The van der Waals surface area contributed by atoms with Crippen LogP contribution in [0.2, 0.25) is 0 Å². The van der Waals surface area contributed by atoms with Gasteiger partial charge in [-0.15, -0.1) is 0 Å². The quantitative estimate of drug-likeness (QED) is 0.567. The predicted molar refractivity (Wildman–Crippen MR) is 98.3 cm³/mol. The fourth-order valence-corrected chi connectivity index (χ4v) is 3.52. The standard InChI is InChI=1S/C20H27NO5/c1-23-16-9-8-14(12-17(16)24-2)19-18(13-26-20(19)22)25-11-10-21-15-6-4-3-5-7-15/h8-9,12,15,21H,3-7,10-11,13H2,1-2H3. The molecule has 1 saturated carbocycles. The number of benzene rings is 1. The van der Waals surface area contributed by atoms with E-state index in [1.54, 1.807) is 26.4 Å². The fourth-order valence-electron chi connectivity index (χ4n) is 3.52. The van der Waals surface area contributed by atoms with Gasteiger partial charge in [-0.2, -0.15) is 0 Å². The molecule has 0 unspecified atom stereocenters. The van der Waals surface area contributed by atoms with Crippen molar-refractivity contribution in [1.82, 2.24) is 5.32 Å². The summed E-state index contributed by atoms with van der Waals surface area (Å²) in [5.74, 6) is 1.39. The summed E-state index contributed by atoms with van der Waals surface area (Å²) in [5.41, 5.74) is 1.17. The minimum Gasteiger partial charge on any atom is -0.493 e. The molecule has 1 heterocycles. The van der Waals surface area contributed by atoms with E-state index in [9.17, 15) is 4.79 Å². The van der Waals surface area contributed by atoms with Gasteiger partial charge < -0.3 is 24.3 Å². The van der Waals surface area contributed by atoms with Crippen LogP contribution in [0.25, 0.3) is 5.57 Å². The maximum atomic E-state index is 12.2. The highest BCUT2D eigenvalue weighted by atomic mass is 16.6. The lowest BCUT2D eigenvalue weighted by Gasteiger charge is -2.22. The van der Waals surface area contributed by atoms with Crippen LogP contribution in [0.3, 0.4) is 0 Å². The zero-order chi connectivity index (χ0) is 18.4. The zero-order valence-corrected chi connectivity index (χ0v) is 15.5. The summed E-state index contributed by atoms with van der Waals surface area (Å²) >= 11 is 0. The molecule has 0 spiro atoms. The van der Waals surface area contributed by atoms with Crippen LogP contribution in [0, 0.1) is 0 Å². The highest BCUT2D eigenvalue weighted by molar-refractivity contribution is 6.19. The normalized spacial score (nSPS) is 18.0. The number of esters is 1. The van der Waals surface area contributed by atoms with Gasteiger partial charge in [0.15, 0.2) is 11.5 Å². The first kappa shape index (κ1) is 18.6. The van der Waals surface area contributed by atoms with Crippen LogP contribution >= 0.6 is 0 Å². The molecule has 0 aromatic heterocycles. The first-order valence-electron chi connectivity index (χ1n) is 9.21. The third-order valence-electron chi connectivity index (χ3n) is 4.91. The number of cyclic esters (lactones) is 1. The maximum Gasteiger partial charge on any atom is 0.342 e. The van der Waals surface area contributed by atoms with E-state index in [2.05, 4.69) is 5.32 Å². The molecule has 0 bridgehead atoms. The van der Waals surface area contributed by atoms with Crippen molar-refractivity contribution in [3.05, 3.63) is 29.5 Å². The Morgan fingerprint density at radius 3 is 2.62 bits per heavy atom. The number of ether oxygens (including phenoxy) is 4. The minimum atomic E-state index is -0.368. The average molecular weight is 361 g/mol. The van der Waals surface area contributed by atoms with Gasteiger partial charge in [-0.3, -0.25) is 0 Å². The molecule has 6 heteroatoms. The smallest absolute Gasteiger partial charge is 0.342 e. The Balaban J connectivity index is 1.64. The summed E-state index contributed by atoms with van der Waals surface area (Å²) in [6, 6.07) is 5.94. The van der Waals surface area contributed by atoms with E-state index in [1.807, 2.05) is 6.07 Å². The summed E-state index contributed by atoms with van der Waals surface area (Å²) in [7, 11) is 3.14. The lowest BCUT2D eigenvalue weighted by atomic mass is 9.96. The van der Waals surface area contributed by atoms with E-state index < -0.39 is 0 Å². The second kappa shape index (κ2) is 8.94. The lowest BCUT2D eigenvalue weighted by Crippen LogP contribution is -2.33. The van der Waals surface area contributed by atoms with Gasteiger partial charge in [-0.05, 0) is 30.5 Å². The van der Waals surface area contributed by atoms with Crippen molar-refractivity contribution in [2.45, 2.75) is 38.1 Å². The first-order valence-corrected chi connectivity index (χ1v) is 9.21. The van der Waals surface area contributed by atoms with Gasteiger partial charge in [-0.1, -0.05) is 25.3 Å². The molecule has 1 aliphatic heterocycles. The number of hydrogen-bond acceptors (Lipinski definition) is 6. The molecule has 0 radical (unpaired) electrons. The fraction of sp³-hybridized carbons (Fsp3) is 0.550. The van der Waals surface area contributed by atoms with Gasteiger partial charge in [0.1, 0.15) is 24.5 Å². The van der Waals surface area contributed by atoms with Gasteiger partial charge >= 0.3 is 5.97 Å². The number of rotatable bonds is 8. The Hall–Kier alpha value is -2.21. The number of methoxy groups -OCH3 is 2. The molecule has 142 valence electrons. The molecule has 1 aromatic carbocycles. The van der Waals surface area contributed by atoms with Gasteiger partial charge in [0, 0.05) is 12.6 Å². The Morgan fingerprint density at radius 1 is 1.12 bits per heavy atom. The van der Waals surface area contributed by atoms with Crippen molar-refractivity contribution in [3.63, 3.8) is 0 Å². The molecular weight excluding hydrogens is 334 g/mol. The van der Waals surface area contributed by atoms with Gasteiger partial charge in [-0.25, -0.2) is 4.79 Å². The summed E-state index contributed by atoms with van der Waals surface area (Å²) in [6.07, 6.45) is 6.42. The molecular formula is C20H27NO5. The van der Waals surface area contributed by atoms with Crippen LogP contribution < -0.4 is 14.8 Å². The molecule has 0 amide bonds. The molecule has 6 nitrogen and oxygen atoms in total. The molecule has 1 aromatic rings. The van der Waals surface area contributed by atoms with Crippen LogP contribution in [-0.2, 0) is 14.3 Å². The van der Waals surface area contributed by atoms with Crippen molar-refractivity contribution in [2.24, 2.45) is 0 Å². The van der Waals surface area contributed by atoms with Crippen molar-refractivity contribution in [2.75, 3.05) is 34.0 Å². The van der Waals surface area contributed by atoms with Crippen molar-refractivity contribution in [3.8, 4) is 11.5 Å². The van der Waals surface area contributed by atoms with Gasteiger partial charge in [0.25, 0.3) is 0 Å². The Labute approximate surface area is 154 Å². The SMILES string of the molecule is COc1ccc(C2=C(OCCNC3CCCCC3)COC2=O)cc1OC. The van der Waals surface area contributed by atoms with Crippen molar-refractivity contribution in [1.29, 1.82) is 0 Å². The van der Waals surface area contributed by atoms with E-state index in [-0.39, 0.29) is 12.6 Å². The number of hydrogen-bond donors (Lipinski definition) is 1. The van der Waals surface area contributed by atoms with Crippen LogP contribution in [-0.4, -0.2) is 46.0 Å². The molecule has 26 heavy (non-hydrogen) atoms. The van der Waals surface area contributed by atoms with E-state index in [0.29, 0.717) is 41.0 Å². The summed E-state index contributed by atoms with van der Waals surface area (Å²) in [6.45, 7) is 1.45. The van der Waals surface area contributed by atoms with E-state index in [1.165, 1.54) is 32.1 Å². The van der Waals surface area contributed by atoms with E-state index >= 15 is 0 Å². The van der Waals surface area contributed by atoms with Crippen LogP contribution in [0.1, 0.15) is 37.7 Å². The zero-order valence-electron chi connectivity index (χ0n) is 15.5. The number of nitrogens with one attached hydrogen (secondary N) is 1. The molecule has 0 saturated heterocycles. The Bertz CT molecular complexity index is 664. The van der Waals surface area contributed by atoms with E-state index in [0.717, 1.165) is 6.54 Å². The minimum absolute atomic E-state index is 0.173. The van der Waals surface area contributed by atoms with E-state index in [4.69, 9.17) is 18.9 Å². The number of carbonyl (C=O) groups excluding carboxylic acids is 1. The molecule has 1 fully saturated rings. The Morgan fingerprint density at radius 2 is 1.88 bits per heavy atom. The van der Waals surface area contributed by atoms with Crippen molar-refractivity contribution >= 4 is 11.5 Å². The van der Waals surface area contributed by atoms with Crippen LogP contribution in [0.5, 0.6) is 11.5 Å². The molecule has 3 rings (SSSR count). The highest BCUT2D eigenvalue weighted by Crippen LogP contribution is 2.34. The van der Waals surface area contributed by atoms with Gasteiger partial charge in [0.05, 0.1) is 14.2 Å². The number of carbonyl (C=O) groups is 1. The third-order valence-corrected chi connectivity index (χ3v) is 4.91. The maximum absolute atomic E-state index is 12.2. The molecule has 1 aliphatic carbocycles. The van der Waals surface area contributed by atoms with Crippen molar-refractivity contribution < 1.29 is 23.7 Å². The topological polar surface area (TPSA) is 66.0 Å². The van der Waals surface area contributed by atoms with Crippen LogP contribution in [0.15, 0.2) is 24.0 Å².